The lowest BCUT2D eigenvalue weighted by Crippen LogP contribution is -2.25. The molecule has 1 aromatic rings. The summed E-state index contributed by atoms with van der Waals surface area (Å²) in [7, 11) is 1.71. The maximum atomic E-state index is 10.9. The molecule has 1 amide bonds. The quantitative estimate of drug-likeness (QED) is 0.553. The second-order valence-corrected chi connectivity index (χ2v) is 2.05. The Hall–Kier alpha value is -1.36. The van der Waals surface area contributed by atoms with Crippen molar-refractivity contribution >= 4 is 11.7 Å². The maximum absolute atomic E-state index is 10.9. The molecule has 0 bridgehead atoms. The monoisotopic (exact) mass is 154 g/mol. The smallest absolute Gasteiger partial charge is 0.239 e. The van der Waals surface area contributed by atoms with Crippen LogP contribution in [0, 0.1) is 0 Å². The standard InChI is InChI=1S/C6H10N4O/c1-7-4-6(11)9-5-2-3-8-10-5/h2-3,7H,4H2,1H3,(H2,8,9,10,11). The number of H-pyrrole nitrogens is 1. The van der Waals surface area contributed by atoms with E-state index in [9.17, 15) is 4.79 Å². The average Bonchev–Trinajstić information content (AvgIpc) is 2.40. The number of likely N-dealkylation sites (N-methyl/N-ethyl adjacent to an activating group) is 1. The van der Waals surface area contributed by atoms with Gasteiger partial charge in [-0.3, -0.25) is 9.89 Å². The highest BCUT2D eigenvalue weighted by Gasteiger charge is 1.99. The van der Waals surface area contributed by atoms with Crippen LogP contribution in [0.15, 0.2) is 12.3 Å². The summed E-state index contributed by atoms with van der Waals surface area (Å²) < 4.78 is 0. The van der Waals surface area contributed by atoms with Gasteiger partial charge in [0.15, 0.2) is 0 Å². The minimum Gasteiger partial charge on any atom is -0.311 e. The molecular formula is C6H10N4O. The molecule has 5 heteroatoms. The Morgan fingerprint density at radius 3 is 3.18 bits per heavy atom. The van der Waals surface area contributed by atoms with Gasteiger partial charge in [0.2, 0.25) is 5.91 Å². The van der Waals surface area contributed by atoms with Gasteiger partial charge in [0, 0.05) is 6.07 Å². The lowest BCUT2D eigenvalue weighted by Gasteiger charge is -1.99. The number of hydrogen-bond donors (Lipinski definition) is 3. The summed E-state index contributed by atoms with van der Waals surface area (Å²) in [6.45, 7) is 0.305. The summed E-state index contributed by atoms with van der Waals surface area (Å²) in [4.78, 5) is 10.9. The Balaban J connectivity index is 2.37. The van der Waals surface area contributed by atoms with Gasteiger partial charge < -0.3 is 10.6 Å². The van der Waals surface area contributed by atoms with Gasteiger partial charge in [-0.05, 0) is 7.05 Å². The van der Waals surface area contributed by atoms with Crippen LogP contribution in [0.1, 0.15) is 0 Å². The van der Waals surface area contributed by atoms with E-state index >= 15 is 0 Å². The Kier molecular flexibility index (Phi) is 2.62. The van der Waals surface area contributed by atoms with Crippen LogP contribution in [0.2, 0.25) is 0 Å². The largest absolute Gasteiger partial charge is 0.311 e. The molecule has 0 saturated heterocycles. The van der Waals surface area contributed by atoms with Crippen molar-refractivity contribution in [2.45, 2.75) is 0 Å². The van der Waals surface area contributed by atoms with E-state index in [1.807, 2.05) is 0 Å². The second kappa shape index (κ2) is 3.72. The molecule has 0 aromatic carbocycles. The molecule has 0 aliphatic heterocycles. The van der Waals surface area contributed by atoms with Crippen molar-refractivity contribution < 1.29 is 4.79 Å². The van der Waals surface area contributed by atoms with E-state index in [4.69, 9.17) is 0 Å². The predicted molar refractivity (Wildman–Crippen MR) is 41.1 cm³/mol. The Bertz CT molecular complexity index is 218. The molecule has 0 radical (unpaired) electrons. The van der Waals surface area contributed by atoms with Gasteiger partial charge in [-0.2, -0.15) is 5.10 Å². The summed E-state index contributed by atoms with van der Waals surface area (Å²) in [6, 6.07) is 1.69. The van der Waals surface area contributed by atoms with Gasteiger partial charge in [-0.1, -0.05) is 0 Å². The van der Waals surface area contributed by atoms with Crippen LogP contribution in [0.4, 0.5) is 5.82 Å². The van der Waals surface area contributed by atoms with Gasteiger partial charge >= 0.3 is 0 Å². The topological polar surface area (TPSA) is 69.8 Å². The van der Waals surface area contributed by atoms with Crippen LogP contribution in [0.3, 0.4) is 0 Å². The summed E-state index contributed by atoms with van der Waals surface area (Å²) in [5.74, 6) is 0.530. The molecule has 1 aromatic heterocycles. The molecule has 1 heterocycles. The number of hydrogen-bond acceptors (Lipinski definition) is 3. The van der Waals surface area contributed by atoms with Crippen molar-refractivity contribution in [2.75, 3.05) is 18.9 Å². The van der Waals surface area contributed by atoms with Crippen molar-refractivity contribution in [1.82, 2.24) is 15.5 Å². The highest BCUT2D eigenvalue weighted by atomic mass is 16.1. The van der Waals surface area contributed by atoms with E-state index in [2.05, 4.69) is 20.8 Å². The number of nitrogens with one attached hydrogen (secondary N) is 3. The van der Waals surface area contributed by atoms with Crippen molar-refractivity contribution in [3.8, 4) is 0 Å². The predicted octanol–water partition coefficient (Wildman–Crippen LogP) is -0.432. The normalized spacial score (nSPS) is 9.55. The van der Waals surface area contributed by atoms with E-state index < -0.39 is 0 Å². The third kappa shape index (κ3) is 2.38. The Morgan fingerprint density at radius 1 is 1.82 bits per heavy atom. The molecule has 3 N–H and O–H groups in total. The highest BCUT2D eigenvalue weighted by Crippen LogP contribution is 1.96. The van der Waals surface area contributed by atoms with Crippen LogP contribution in [-0.2, 0) is 4.79 Å². The summed E-state index contributed by atoms with van der Waals surface area (Å²) in [6.07, 6.45) is 1.58. The number of anilines is 1. The Labute approximate surface area is 64.2 Å². The summed E-state index contributed by atoms with van der Waals surface area (Å²) >= 11 is 0. The van der Waals surface area contributed by atoms with Crippen molar-refractivity contribution in [3.05, 3.63) is 12.3 Å². The number of rotatable bonds is 3. The highest BCUT2D eigenvalue weighted by molar-refractivity contribution is 5.91. The number of aromatic amines is 1. The van der Waals surface area contributed by atoms with E-state index in [0.29, 0.717) is 12.4 Å². The van der Waals surface area contributed by atoms with Crippen LogP contribution in [-0.4, -0.2) is 29.7 Å². The van der Waals surface area contributed by atoms with Gasteiger partial charge in [-0.25, -0.2) is 0 Å². The van der Waals surface area contributed by atoms with E-state index in [0.717, 1.165) is 0 Å². The number of nitrogens with zero attached hydrogens (tertiary/aromatic N) is 1. The van der Waals surface area contributed by atoms with Crippen molar-refractivity contribution in [1.29, 1.82) is 0 Å². The fraction of sp³-hybridized carbons (Fsp3) is 0.333. The first-order valence-corrected chi connectivity index (χ1v) is 3.27. The Morgan fingerprint density at radius 2 is 2.64 bits per heavy atom. The number of carbonyl (C=O) groups is 1. The first-order valence-electron chi connectivity index (χ1n) is 3.27. The maximum Gasteiger partial charge on any atom is 0.239 e. The van der Waals surface area contributed by atoms with E-state index in [-0.39, 0.29) is 5.91 Å². The van der Waals surface area contributed by atoms with Gasteiger partial charge in [0.25, 0.3) is 0 Å². The molecule has 0 unspecified atom stereocenters. The average molecular weight is 154 g/mol. The van der Waals surface area contributed by atoms with Crippen molar-refractivity contribution in [3.63, 3.8) is 0 Å². The molecule has 60 valence electrons. The molecule has 0 atom stereocenters. The minimum atomic E-state index is -0.0863. The lowest BCUT2D eigenvalue weighted by atomic mass is 10.5. The lowest BCUT2D eigenvalue weighted by molar-refractivity contribution is -0.115. The molecule has 0 saturated carbocycles. The van der Waals surface area contributed by atoms with Gasteiger partial charge in [-0.15, -0.1) is 0 Å². The molecule has 0 aliphatic carbocycles. The first kappa shape index (κ1) is 7.74. The van der Waals surface area contributed by atoms with Crippen LogP contribution >= 0.6 is 0 Å². The van der Waals surface area contributed by atoms with Gasteiger partial charge in [0.1, 0.15) is 5.82 Å². The fourth-order valence-electron chi connectivity index (χ4n) is 0.680. The van der Waals surface area contributed by atoms with Crippen LogP contribution in [0.5, 0.6) is 0 Å². The van der Waals surface area contributed by atoms with E-state index in [1.165, 1.54) is 0 Å². The van der Waals surface area contributed by atoms with E-state index in [1.54, 1.807) is 19.3 Å². The van der Waals surface area contributed by atoms with Crippen molar-refractivity contribution in [2.24, 2.45) is 0 Å². The minimum absolute atomic E-state index is 0.0863. The number of amides is 1. The molecule has 0 fully saturated rings. The molecule has 1 rings (SSSR count). The molecule has 5 nitrogen and oxygen atoms in total. The van der Waals surface area contributed by atoms with Gasteiger partial charge in [0.05, 0.1) is 12.7 Å². The third-order valence-corrected chi connectivity index (χ3v) is 1.11. The fourth-order valence-corrected chi connectivity index (χ4v) is 0.680. The SMILES string of the molecule is CNCC(=O)Nc1ccn[nH]1. The molecular weight excluding hydrogens is 144 g/mol. The number of carbonyl (C=O) groups excluding carboxylic acids is 1. The molecule has 0 spiro atoms. The second-order valence-electron chi connectivity index (χ2n) is 2.05. The van der Waals surface area contributed by atoms with Crippen LogP contribution < -0.4 is 10.6 Å². The van der Waals surface area contributed by atoms with Crippen LogP contribution in [0.25, 0.3) is 0 Å². The zero-order chi connectivity index (χ0) is 8.10. The zero-order valence-corrected chi connectivity index (χ0v) is 6.22. The zero-order valence-electron chi connectivity index (χ0n) is 6.22. The number of aromatic nitrogens is 2. The molecule has 11 heavy (non-hydrogen) atoms. The molecule has 0 aliphatic rings. The first-order chi connectivity index (χ1) is 5.33. The third-order valence-electron chi connectivity index (χ3n) is 1.11. The summed E-state index contributed by atoms with van der Waals surface area (Å²) in [5, 5.41) is 11.6. The summed E-state index contributed by atoms with van der Waals surface area (Å²) in [5.41, 5.74) is 0.